The van der Waals surface area contributed by atoms with Crippen LogP contribution >= 0.6 is 0 Å². The van der Waals surface area contributed by atoms with Gasteiger partial charge >= 0.3 is 0 Å². The summed E-state index contributed by atoms with van der Waals surface area (Å²) in [6.45, 7) is 2.30. The number of benzene rings is 1. The summed E-state index contributed by atoms with van der Waals surface area (Å²) in [4.78, 5) is 21.5. The van der Waals surface area contributed by atoms with Gasteiger partial charge in [-0.1, -0.05) is 12.1 Å². The van der Waals surface area contributed by atoms with E-state index >= 15 is 0 Å². The van der Waals surface area contributed by atoms with Crippen molar-refractivity contribution in [3.8, 4) is 5.75 Å². The minimum absolute atomic E-state index is 0.474. The van der Waals surface area contributed by atoms with Crippen LogP contribution < -0.4 is 15.2 Å². The summed E-state index contributed by atoms with van der Waals surface area (Å²) < 4.78 is 5.30. The molecule has 0 heterocycles. The van der Waals surface area contributed by atoms with E-state index in [1.165, 1.54) is 0 Å². The highest BCUT2D eigenvalue weighted by Gasteiger charge is 2.04. The fourth-order valence-corrected chi connectivity index (χ4v) is 1.17. The second-order valence-corrected chi connectivity index (χ2v) is 3.07. The molecule has 1 rings (SSSR count). The maximum atomic E-state index is 11.3. The number of aliphatic carboxylic acids is 1. The molecule has 1 amide bonds. The molecule has 0 radical (unpaired) electrons. The monoisotopic (exact) mass is 234 g/mol. The van der Waals surface area contributed by atoms with Crippen molar-refractivity contribution in [1.29, 1.82) is 0 Å². The van der Waals surface area contributed by atoms with Crippen LogP contribution in [0.5, 0.6) is 5.75 Å². The largest absolute Gasteiger partial charge is 0.545 e. The molecule has 5 nitrogen and oxygen atoms in total. The number of ether oxygens (including phenoxy) is 1. The summed E-state index contributed by atoms with van der Waals surface area (Å²) in [6, 6.07) is 6.88. The Morgan fingerprint density at radius 1 is 1.35 bits per heavy atom. The normalized spacial score (nSPS) is 10.2. The third kappa shape index (κ3) is 4.38. The predicted molar refractivity (Wildman–Crippen MR) is 60.4 cm³/mol. The van der Waals surface area contributed by atoms with E-state index < -0.39 is 11.9 Å². The van der Waals surface area contributed by atoms with Crippen LogP contribution in [0.3, 0.4) is 0 Å². The van der Waals surface area contributed by atoms with Crippen LogP contribution in [0, 0.1) is 0 Å². The van der Waals surface area contributed by atoms with Gasteiger partial charge in [0.25, 0.3) is 0 Å². The molecule has 90 valence electrons. The van der Waals surface area contributed by atoms with E-state index in [4.69, 9.17) is 4.74 Å². The van der Waals surface area contributed by atoms with E-state index in [2.05, 4.69) is 5.32 Å². The van der Waals surface area contributed by atoms with Gasteiger partial charge in [0.15, 0.2) is 0 Å². The Hall–Kier alpha value is -2.30. The maximum Gasteiger partial charge on any atom is 0.248 e. The van der Waals surface area contributed by atoms with Crippen LogP contribution in [0.4, 0.5) is 5.69 Å². The lowest BCUT2D eigenvalue weighted by molar-refractivity contribution is -0.297. The third-order valence-electron chi connectivity index (χ3n) is 1.82. The highest BCUT2D eigenvalue weighted by molar-refractivity contribution is 6.02. The first kappa shape index (κ1) is 12.8. The number of carbonyl (C=O) groups excluding carboxylic acids is 2. The van der Waals surface area contributed by atoms with Crippen molar-refractivity contribution in [3.63, 3.8) is 0 Å². The fraction of sp³-hybridized carbons (Fsp3) is 0.167. The molecule has 0 aromatic heterocycles. The molecule has 0 aliphatic carbocycles. The van der Waals surface area contributed by atoms with Gasteiger partial charge in [0.2, 0.25) is 5.91 Å². The molecule has 1 aromatic rings. The lowest BCUT2D eigenvalue weighted by Gasteiger charge is -2.09. The number of hydrogen-bond donors (Lipinski definition) is 1. The maximum absolute atomic E-state index is 11.3. The van der Waals surface area contributed by atoms with Gasteiger partial charge in [-0.15, -0.1) is 0 Å². The molecule has 0 unspecified atom stereocenters. The Morgan fingerprint density at radius 2 is 2.06 bits per heavy atom. The zero-order chi connectivity index (χ0) is 12.7. The molecule has 0 spiro atoms. The smallest absolute Gasteiger partial charge is 0.248 e. The first-order valence-corrected chi connectivity index (χ1v) is 5.05. The lowest BCUT2D eigenvalue weighted by Crippen LogP contribution is -2.20. The van der Waals surface area contributed by atoms with Gasteiger partial charge in [-0.25, -0.2) is 0 Å². The Morgan fingerprint density at radius 3 is 2.71 bits per heavy atom. The Kier molecular flexibility index (Phi) is 4.75. The first-order valence-electron chi connectivity index (χ1n) is 5.05. The van der Waals surface area contributed by atoms with Gasteiger partial charge in [0.05, 0.1) is 18.3 Å². The molecule has 0 aliphatic heterocycles. The lowest BCUT2D eigenvalue weighted by atomic mass is 10.3. The highest BCUT2D eigenvalue weighted by Crippen LogP contribution is 2.23. The first-order chi connectivity index (χ1) is 8.13. The summed E-state index contributed by atoms with van der Waals surface area (Å²) >= 11 is 0. The second-order valence-electron chi connectivity index (χ2n) is 3.07. The average Bonchev–Trinajstić information content (AvgIpc) is 2.29. The molecule has 1 aromatic carbocycles. The summed E-state index contributed by atoms with van der Waals surface area (Å²) in [5.41, 5.74) is 0.488. The Balaban J connectivity index is 2.74. The number of amides is 1. The van der Waals surface area contributed by atoms with Crippen molar-refractivity contribution in [2.75, 3.05) is 11.9 Å². The molecule has 0 bridgehead atoms. The van der Waals surface area contributed by atoms with E-state index in [-0.39, 0.29) is 0 Å². The van der Waals surface area contributed by atoms with E-state index in [0.29, 0.717) is 24.1 Å². The Labute approximate surface area is 98.7 Å². The van der Waals surface area contributed by atoms with E-state index in [0.717, 1.165) is 6.08 Å². The van der Waals surface area contributed by atoms with Gasteiger partial charge < -0.3 is 20.0 Å². The molecule has 0 saturated heterocycles. The molecule has 1 N–H and O–H groups in total. The van der Waals surface area contributed by atoms with Crippen LogP contribution in [0.15, 0.2) is 36.4 Å². The summed E-state index contributed by atoms with van der Waals surface area (Å²) in [5, 5.41) is 12.6. The van der Waals surface area contributed by atoms with E-state index in [1.54, 1.807) is 24.3 Å². The predicted octanol–water partition coefficient (Wildman–Crippen LogP) is 0.330. The van der Waals surface area contributed by atoms with Crippen molar-refractivity contribution in [1.82, 2.24) is 0 Å². The number of para-hydroxylation sites is 2. The number of rotatable bonds is 5. The standard InChI is InChI=1S/C12H13NO4/c1-2-17-10-6-4-3-5-9(10)13-11(14)7-8-12(15)16/h3-8H,2H2,1H3,(H,13,14)(H,15,16)/p-1/b8-7-. The molecule has 0 aliphatic rings. The van der Waals surface area contributed by atoms with Crippen molar-refractivity contribution in [3.05, 3.63) is 36.4 Å². The number of carboxylic acid groups (broad SMARTS) is 1. The third-order valence-corrected chi connectivity index (χ3v) is 1.82. The highest BCUT2D eigenvalue weighted by atomic mass is 16.5. The zero-order valence-corrected chi connectivity index (χ0v) is 9.30. The van der Waals surface area contributed by atoms with Crippen molar-refractivity contribution >= 4 is 17.6 Å². The second kappa shape index (κ2) is 6.32. The van der Waals surface area contributed by atoms with Crippen LogP contribution in [0.2, 0.25) is 0 Å². The van der Waals surface area contributed by atoms with Gasteiger partial charge in [-0.3, -0.25) is 4.79 Å². The summed E-state index contributed by atoms with van der Waals surface area (Å²) in [6.07, 6.45) is 1.55. The minimum atomic E-state index is -1.42. The van der Waals surface area contributed by atoms with Crippen LogP contribution in [0.1, 0.15) is 6.92 Å². The van der Waals surface area contributed by atoms with Gasteiger partial charge in [-0.05, 0) is 25.1 Å². The molecular weight excluding hydrogens is 222 g/mol. The number of hydrogen-bond acceptors (Lipinski definition) is 4. The van der Waals surface area contributed by atoms with Gasteiger partial charge in [0, 0.05) is 6.08 Å². The van der Waals surface area contributed by atoms with Gasteiger partial charge in [0.1, 0.15) is 5.75 Å². The molecule has 17 heavy (non-hydrogen) atoms. The van der Waals surface area contributed by atoms with Gasteiger partial charge in [-0.2, -0.15) is 0 Å². The van der Waals surface area contributed by atoms with Crippen LogP contribution in [0.25, 0.3) is 0 Å². The Bertz CT molecular complexity index is 440. The quantitative estimate of drug-likeness (QED) is 0.745. The molecule has 5 heteroatoms. The van der Waals surface area contributed by atoms with Crippen molar-refractivity contribution in [2.45, 2.75) is 6.92 Å². The zero-order valence-electron chi connectivity index (χ0n) is 9.30. The minimum Gasteiger partial charge on any atom is -0.545 e. The average molecular weight is 234 g/mol. The number of nitrogens with one attached hydrogen (secondary N) is 1. The van der Waals surface area contributed by atoms with E-state index in [9.17, 15) is 14.7 Å². The molecular formula is C12H12NO4-. The van der Waals surface area contributed by atoms with Crippen LogP contribution in [-0.4, -0.2) is 18.5 Å². The van der Waals surface area contributed by atoms with Crippen molar-refractivity contribution in [2.24, 2.45) is 0 Å². The molecule has 0 atom stereocenters. The number of carbonyl (C=O) groups is 2. The molecule has 0 fully saturated rings. The summed E-state index contributed by atoms with van der Waals surface area (Å²) in [5.74, 6) is -1.44. The summed E-state index contributed by atoms with van der Waals surface area (Å²) in [7, 11) is 0. The number of anilines is 1. The fourth-order valence-electron chi connectivity index (χ4n) is 1.17. The molecule has 0 saturated carbocycles. The van der Waals surface area contributed by atoms with E-state index in [1.807, 2.05) is 6.92 Å². The number of carboxylic acids is 1. The van der Waals surface area contributed by atoms with Crippen LogP contribution in [-0.2, 0) is 9.59 Å². The SMILES string of the molecule is CCOc1ccccc1NC(=O)/C=C\C(=O)[O-]. The van der Waals surface area contributed by atoms with Crippen molar-refractivity contribution < 1.29 is 19.4 Å². The topological polar surface area (TPSA) is 78.5 Å².